The number of benzene rings is 2. The molecule has 4 rings (SSSR count). The number of aromatic amines is 1. The van der Waals surface area contributed by atoms with E-state index in [2.05, 4.69) is 21.9 Å². The van der Waals surface area contributed by atoms with Crippen LogP contribution in [-0.4, -0.2) is 15.6 Å². The fourth-order valence-electron chi connectivity index (χ4n) is 3.14. The van der Waals surface area contributed by atoms with Gasteiger partial charge in [0.05, 0.1) is 11.0 Å². The molecule has 0 amide bonds. The van der Waals surface area contributed by atoms with Crippen molar-refractivity contribution in [2.24, 2.45) is 0 Å². The summed E-state index contributed by atoms with van der Waals surface area (Å²) in [5.74, 6) is 0. The van der Waals surface area contributed by atoms with Gasteiger partial charge in [0.25, 0.3) is 0 Å². The molecule has 1 unspecified atom stereocenters. The number of nitrogens with zero attached hydrogens (tertiary/aromatic N) is 1. The predicted molar refractivity (Wildman–Crippen MR) is 87.9 cm³/mol. The maximum absolute atomic E-state index is 12.2. The summed E-state index contributed by atoms with van der Waals surface area (Å²) in [4.78, 5) is 15.1. The Labute approximate surface area is 127 Å². The number of H-pyrrole nitrogens is 1. The van der Waals surface area contributed by atoms with Crippen LogP contribution in [-0.2, 0) is 13.0 Å². The number of imidazole rings is 1. The number of hydrazine groups is 1. The van der Waals surface area contributed by atoms with E-state index in [1.807, 2.05) is 47.0 Å². The molecule has 0 saturated heterocycles. The summed E-state index contributed by atoms with van der Waals surface area (Å²) in [5.41, 5.74) is 10.8. The molecule has 5 heteroatoms. The lowest BCUT2D eigenvalue weighted by Gasteiger charge is -2.18. The van der Waals surface area contributed by atoms with E-state index in [0.717, 1.165) is 29.6 Å². The van der Waals surface area contributed by atoms with Gasteiger partial charge in [-0.3, -0.25) is 4.57 Å². The number of rotatable bonds is 3. The summed E-state index contributed by atoms with van der Waals surface area (Å²) in [6.07, 6.45) is 1.95. The first-order valence-corrected chi connectivity index (χ1v) is 7.58. The molecule has 0 saturated carbocycles. The lowest BCUT2D eigenvalue weighted by Crippen LogP contribution is -2.38. The highest BCUT2D eigenvalue weighted by Gasteiger charge is 2.20. The third kappa shape index (κ3) is 2.29. The third-order valence-corrected chi connectivity index (χ3v) is 4.24. The van der Waals surface area contributed by atoms with E-state index in [4.69, 9.17) is 0 Å². The molecule has 2 heterocycles. The van der Waals surface area contributed by atoms with Gasteiger partial charge in [-0.2, -0.15) is 0 Å². The van der Waals surface area contributed by atoms with Gasteiger partial charge in [0.15, 0.2) is 0 Å². The fourth-order valence-corrected chi connectivity index (χ4v) is 3.14. The largest absolute Gasteiger partial charge is 0.326 e. The molecule has 0 fully saturated rings. The number of hydrogen-bond acceptors (Lipinski definition) is 3. The molecule has 0 spiro atoms. The topological polar surface area (TPSA) is 61.9 Å². The van der Waals surface area contributed by atoms with Gasteiger partial charge in [-0.05, 0) is 36.6 Å². The van der Waals surface area contributed by atoms with Crippen LogP contribution in [0.2, 0.25) is 0 Å². The van der Waals surface area contributed by atoms with E-state index in [1.54, 1.807) is 0 Å². The number of hydrogen-bond donors (Lipinski definition) is 3. The molecular weight excluding hydrogens is 276 g/mol. The molecule has 0 aliphatic carbocycles. The van der Waals surface area contributed by atoms with Gasteiger partial charge in [-0.15, -0.1) is 0 Å². The summed E-state index contributed by atoms with van der Waals surface area (Å²) < 4.78 is 1.85. The molecule has 112 valence electrons. The second-order valence-corrected chi connectivity index (χ2v) is 5.73. The summed E-state index contributed by atoms with van der Waals surface area (Å²) in [6, 6.07) is 16.3. The van der Waals surface area contributed by atoms with Crippen LogP contribution in [0.5, 0.6) is 0 Å². The number of aryl methyl sites for hydroxylation is 1. The van der Waals surface area contributed by atoms with Gasteiger partial charge in [0.2, 0.25) is 0 Å². The molecule has 5 nitrogen and oxygen atoms in total. The van der Waals surface area contributed by atoms with Crippen LogP contribution in [0, 0.1) is 0 Å². The van der Waals surface area contributed by atoms with Gasteiger partial charge < -0.3 is 10.4 Å². The number of aromatic nitrogens is 2. The zero-order chi connectivity index (χ0) is 14.9. The monoisotopic (exact) mass is 294 g/mol. The minimum Gasteiger partial charge on any atom is -0.321 e. The minimum absolute atomic E-state index is 0.0316. The van der Waals surface area contributed by atoms with Crippen LogP contribution in [0.15, 0.2) is 53.3 Å². The predicted octanol–water partition coefficient (Wildman–Crippen LogP) is 2.26. The Morgan fingerprint density at radius 1 is 1.09 bits per heavy atom. The standard InChI is InChI=1S/C17H18N4O/c22-17-18-15-8-4-5-12-9-10-14(11-21(17)16(12)15)20-19-13-6-2-1-3-7-13/h1-8,14,19-20H,9-11H2,(H,18,22). The van der Waals surface area contributed by atoms with E-state index in [0.29, 0.717) is 6.54 Å². The molecule has 3 N–H and O–H groups in total. The number of anilines is 1. The first-order chi connectivity index (χ1) is 10.8. The highest BCUT2D eigenvalue weighted by Crippen LogP contribution is 2.22. The average molecular weight is 294 g/mol. The summed E-state index contributed by atoms with van der Waals surface area (Å²) in [6.45, 7) is 0.662. The van der Waals surface area contributed by atoms with E-state index in [1.165, 1.54) is 5.56 Å². The van der Waals surface area contributed by atoms with Crippen LogP contribution in [0.4, 0.5) is 5.69 Å². The van der Waals surface area contributed by atoms with Crippen LogP contribution in [0.3, 0.4) is 0 Å². The van der Waals surface area contributed by atoms with Crippen molar-refractivity contribution >= 4 is 16.7 Å². The van der Waals surface area contributed by atoms with E-state index >= 15 is 0 Å². The SMILES string of the molecule is O=c1[nH]c2cccc3c2n1CC(NNc1ccccc1)CC3. The van der Waals surface area contributed by atoms with Crippen LogP contribution < -0.4 is 16.5 Å². The van der Waals surface area contributed by atoms with Crippen LogP contribution in [0.25, 0.3) is 11.0 Å². The summed E-state index contributed by atoms with van der Waals surface area (Å²) >= 11 is 0. The number of para-hydroxylation sites is 2. The second-order valence-electron chi connectivity index (χ2n) is 5.73. The van der Waals surface area contributed by atoms with Gasteiger partial charge in [-0.25, -0.2) is 10.2 Å². The van der Waals surface area contributed by atoms with Crippen molar-refractivity contribution in [2.75, 3.05) is 5.43 Å². The van der Waals surface area contributed by atoms with Crippen molar-refractivity contribution in [2.45, 2.75) is 25.4 Å². The quantitative estimate of drug-likeness (QED) is 0.649. The zero-order valence-corrected chi connectivity index (χ0v) is 12.2. The Bertz CT molecular complexity index is 850. The van der Waals surface area contributed by atoms with Crippen LogP contribution in [0.1, 0.15) is 12.0 Å². The third-order valence-electron chi connectivity index (χ3n) is 4.24. The van der Waals surface area contributed by atoms with Crippen molar-refractivity contribution in [3.8, 4) is 0 Å². The van der Waals surface area contributed by atoms with Gasteiger partial charge >= 0.3 is 5.69 Å². The van der Waals surface area contributed by atoms with Gasteiger partial charge in [0, 0.05) is 18.3 Å². The smallest absolute Gasteiger partial charge is 0.321 e. The summed E-state index contributed by atoms with van der Waals surface area (Å²) in [5, 5.41) is 0. The van der Waals surface area contributed by atoms with Crippen molar-refractivity contribution in [3.63, 3.8) is 0 Å². The Hall–Kier alpha value is -2.53. The first-order valence-electron chi connectivity index (χ1n) is 7.58. The Morgan fingerprint density at radius 2 is 1.95 bits per heavy atom. The lowest BCUT2D eigenvalue weighted by atomic mass is 10.1. The van der Waals surface area contributed by atoms with Crippen molar-refractivity contribution in [1.29, 1.82) is 0 Å². The fraction of sp³-hybridized carbons (Fsp3) is 0.235. The van der Waals surface area contributed by atoms with E-state index in [9.17, 15) is 4.79 Å². The highest BCUT2D eigenvalue weighted by molar-refractivity contribution is 5.79. The van der Waals surface area contributed by atoms with Crippen LogP contribution >= 0.6 is 0 Å². The molecule has 1 aliphatic rings. The normalized spacial score (nSPS) is 17.4. The minimum atomic E-state index is -0.0316. The van der Waals surface area contributed by atoms with E-state index in [-0.39, 0.29) is 11.7 Å². The highest BCUT2D eigenvalue weighted by atomic mass is 16.1. The molecule has 1 aromatic heterocycles. The number of nitrogens with one attached hydrogen (secondary N) is 3. The van der Waals surface area contributed by atoms with Gasteiger partial charge in [0.1, 0.15) is 0 Å². The zero-order valence-electron chi connectivity index (χ0n) is 12.2. The molecule has 2 aromatic carbocycles. The Kier molecular flexibility index (Phi) is 3.20. The molecule has 1 aliphatic heterocycles. The summed E-state index contributed by atoms with van der Waals surface area (Å²) in [7, 11) is 0. The van der Waals surface area contributed by atoms with Crippen molar-refractivity contribution in [3.05, 3.63) is 64.6 Å². The average Bonchev–Trinajstić information content (AvgIpc) is 2.75. The van der Waals surface area contributed by atoms with E-state index < -0.39 is 0 Å². The first kappa shape index (κ1) is 13.2. The molecule has 0 radical (unpaired) electrons. The van der Waals surface area contributed by atoms with Crippen molar-refractivity contribution < 1.29 is 0 Å². The second kappa shape index (κ2) is 5.35. The molecule has 22 heavy (non-hydrogen) atoms. The molecular formula is C17H18N4O. The molecule has 1 atom stereocenters. The van der Waals surface area contributed by atoms with Crippen molar-refractivity contribution in [1.82, 2.24) is 15.0 Å². The maximum Gasteiger partial charge on any atom is 0.326 e. The lowest BCUT2D eigenvalue weighted by molar-refractivity contribution is 0.461. The Balaban J connectivity index is 1.59. The maximum atomic E-state index is 12.2. The molecule has 3 aromatic rings. The van der Waals surface area contributed by atoms with Gasteiger partial charge in [-0.1, -0.05) is 30.3 Å². The molecule has 0 bridgehead atoms. The Morgan fingerprint density at radius 3 is 2.82 bits per heavy atom.